The Morgan fingerprint density at radius 1 is 1.57 bits per heavy atom. The smallest absolute Gasteiger partial charge is 0.472 e. The molecule has 8 heteroatoms. The molecule has 2 rings (SSSR count). The van der Waals surface area contributed by atoms with Crippen LogP contribution < -0.4 is 5.32 Å². The zero-order chi connectivity index (χ0) is 15.2. The number of nitrogens with one attached hydrogen (secondary N) is 1. The second-order valence-corrected chi connectivity index (χ2v) is 6.28. The van der Waals surface area contributed by atoms with Gasteiger partial charge in [-0.1, -0.05) is 6.07 Å². The third-order valence-corrected chi connectivity index (χ3v) is 4.40. The number of carbonyl (C=O) groups is 1. The summed E-state index contributed by atoms with van der Waals surface area (Å²) in [5, 5.41) is 33.7. The molecule has 1 saturated heterocycles. The van der Waals surface area contributed by atoms with E-state index in [1.165, 1.54) is 0 Å². The highest BCUT2D eigenvalue weighted by molar-refractivity contribution is 7.09. The van der Waals surface area contributed by atoms with E-state index in [1.54, 1.807) is 11.3 Å². The number of carboxylic acids is 1. The molecule has 0 spiro atoms. The number of aliphatic hydroxyl groups is 1. The van der Waals surface area contributed by atoms with E-state index in [0.717, 1.165) is 11.3 Å². The molecule has 2 unspecified atom stereocenters. The van der Waals surface area contributed by atoms with Gasteiger partial charge in [0.2, 0.25) is 0 Å². The Morgan fingerprint density at radius 3 is 3.05 bits per heavy atom. The monoisotopic (exact) mass is 313 g/mol. The zero-order valence-corrected chi connectivity index (χ0v) is 12.5. The maximum absolute atomic E-state index is 10.7. The molecular formula is C13H20BNO5S. The first-order valence-electron chi connectivity index (χ1n) is 7.06. The summed E-state index contributed by atoms with van der Waals surface area (Å²) >= 11 is 1.57. The Labute approximate surface area is 127 Å². The summed E-state index contributed by atoms with van der Waals surface area (Å²) in [6, 6.07) is 3.87. The molecule has 2 heterocycles. The quantitative estimate of drug-likeness (QED) is 0.454. The van der Waals surface area contributed by atoms with Crippen molar-refractivity contribution in [3.8, 4) is 0 Å². The van der Waals surface area contributed by atoms with Gasteiger partial charge in [0.25, 0.3) is 0 Å². The molecule has 1 aromatic heterocycles. The molecule has 3 atom stereocenters. The van der Waals surface area contributed by atoms with Crippen LogP contribution in [0, 0.1) is 0 Å². The van der Waals surface area contributed by atoms with E-state index in [1.807, 2.05) is 17.5 Å². The molecule has 6 nitrogen and oxygen atoms in total. The van der Waals surface area contributed by atoms with Gasteiger partial charge in [-0.05, 0) is 30.7 Å². The third kappa shape index (κ3) is 5.41. The lowest BCUT2D eigenvalue weighted by Crippen LogP contribution is -2.50. The van der Waals surface area contributed by atoms with Crippen LogP contribution in [0.3, 0.4) is 0 Å². The largest absolute Gasteiger partial charge is 0.481 e. The second-order valence-electron chi connectivity index (χ2n) is 5.25. The van der Waals surface area contributed by atoms with Gasteiger partial charge in [-0.3, -0.25) is 10.1 Å². The van der Waals surface area contributed by atoms with Gasteiger partial charge in [0.15, 0.2) is 0 Å². The summed E-state index contributed by atoms with van der Waals surface area (Å²) in [4.78, 5) is 11.8. The van der Waals surface area contributed by atoms with Gasteiger partial charge in [-0.2, -0.15) is 0 Å². The Hall–Kier alpha value is -0.925. The van der Waals surface area contributed by atoms with Crippen LogP contribution in [0.15, 0.2) is 17.5 Å². The van der Waals surface area contributed by atoms with Gasteiger partial charge >= 0.3 is 13.1 Å². The number of aliphatic hydroxyl groups excluding tert-OH is 1. The summed E-state index contributed by atoms with van der Waals surface area (Å²) in [5.74, 6) is -1.32. The van der Waals surface area contributed by atoms with E-state index < -0.39 is 31.4 Å². The normalized spacial score (nSPS) is 24.6. The fraction of sp³-hybridized carbons (Fsp3) is 0.615. The van der Waals surface area contributed by atoms with Crippen LogP contribution in [0.5, 0.6) is 0 Å². The van der Waals surface area contributed by atoms with Crippen LogP contribution in [0.25, 0.3) is 0 Å². The van der Waals surface area contributed by atoms with E-state index in [4.69, 9.17) is 9.76 Å². The van der Waals surface area contributed by atoms with E-state index in [0.29, 0.717) is 19.3 Å². The zero-order valence-electron chi connectivity index (χ0n) is 11.6. The predicted molar refractivity (Wildman–Crippen MR) is 79.9 cm³/mol. The average Bonchev–Trinajstić information content (AvgIpc) is 2.83. The molecular weight excluding hydrogens is 293 g/mol. The van der Waals surface area contributed by atoms with Gasteiger partial charge in [-0.25, -0.2) is 0 Å². The summed E-state index contributed by atoms with van der Waals surface area (Å²) in [6.07, 6.45) is 1.11. The Morgan fingerprint density at radius 2 is 2.38 bits per heavy atom. The highest BCUT2D eigenvalue weighted by Crippen LogP contribution is 2.19. The molecule has 0 aromatic carbocycles. The molecule has 1 aromatic rings. The minimum atomic E-state index is -1.10. The molecule has 0 bridgehead atoms. The standard InChI is InChI=1S/C13H20BNO5S/c16-12(8-10-4-2-6-21-10)15-11-5-1-3-9(7-13(17)18)20-14(11)19/h2,4,6,9,11-12,15-16,19H,1,3,5,7-8H2,(H,17,18)/t9?,11-,12?/m0/s1. The molecule has 0 saturated carbocycles. The highest BCUT2D eigenvalue weighted by atomic mass is 32.1. The Kier molecular flexibility index (Phi) is 6.19. The molecule has 1 aliphatic rings. The van der Waals surface area contributed by atoms with E-state index in [-0.39, 0.29) is 6.42 Å². The number of hydrogen-bond donors (Lipinski definition) is 4. The lowest BCUT2D eigenvalue weighted by atomic mass is 9.76. The number of rotatable bonds is 6. The second kappa shape index (κ2) is 7.91. The van der Waals surface area contributed by atoms with E-state index in [9.17, 15) is 14.9 Å². The Bertz CT molecular complexity index is 444. The molecule has 1 fully saturated rings. The summed E-state index contributed by atoms with van der Waals surface area (Å²) in [7, 11) is -1.10. The molecule has 116 valence electrons. The molecule has 21 heavy (non-hydrogen) atoms. The number of carboxylic acid groups (broad SMARTS) is 1. The van der Waals surface area contributed by atoms with E-state index in [2.05, 4.69) is 5.32 Å². The van der Waals surface area contributed by atoms with Crippen LogP contribution in [-0.4, -0.2) is 46.6 Å². The van der Waals surface area contributed by atoms with Gasteiger partial charge in [0.1, 0.15) is 6.23 Å². The molecule has 1 aliphatic heterocycles. The van der Waals surface area contributed by atoms with Crippen molar-refractivity contribution >= 4 is 24.4 Å². The Balaban J connectivity index is 1.83. The predicted octanol–water partition coefficient (Wildman–Crippen LogP) is 0.631. The van der Waals surface area contributed by atoms with Gasteiger partial charge in [-0.15, -0.1) is 11.3 Å². The summed E-state index contributed by atoms with van der Waals surface area (Å²) in [5.41, 5.74) is 0. The first kappa shape index (κ1) is 16.4. The molecule has 0 amide bonds. The van der Waals surface area contributed by atoms with Gasteiger partial charge in [0, 0.05) is 17.2 Å². The lowest BCUT2D eigenvalue weighted by molar-refractivity contribution is -0.139. The molecule has 0 aliphatic carbocycles. The minimum absolute atomic E-state index is 0.110. The minimum Gasteiger partial charge on any atom is -0.481 e. The first-order chi connectivity index (χ1) is 10.0. The topological polar surface area (TPSA) is 99.0 Å². The van der Waals surface area contributed by atoms with Crippen molar-refractivity contribution < 1.29 is 24.7 Å². The fourth-order valence-corrected chi connectivity index (χ4v) is 3.25. The fourth-order valence-electron chi connectivity index (χ4n) is 2.50. The maximum atomic E-state index is 10.7. The van der Waals surface area contributed by atoms with Crippen molar-refractivity contribution in [2.24, 2.45) is 0 Å². The number of hydrogen-bond acceptors (Lipinski definition) is 6. The van der Waals surface area contributed by atoms with Crippen molar-refractivity contribution in [3.63, 3.8) is 0 Å². The van der Waals surface area contributed by atoms with Gasteiger partial charge in [0.05, 0.1) is 12.5 Å². The van der Waals surface area contributed by atoms with Crippen molar-refractivity contribution in [1.82, 2.24) is 5.32 Å². The average molecular weight is 313 g/mol. The molecule has 4 N–H and O–H groups in total. The maximum Gasteiger partial charge on any atom is 0.472 e. The van der Waals surface area contributed by atoms with Gasteiger partial charge < -0.3 is 19.9 Å². The molecule has 0 radical (unpaired) electrons. The van der Waals surface area contributed by atoms with Crippen molar-refractivity contribution in [1.29, 1.82) is 0 Å². The van der Waals surface area contributed by atoms with Crippen LogP contribution in [0.2, 0.25) is 0 Å². The van der Waals surface area contributed by atoms with Crippen LogP contribution in [0.1, 0.15) is 30.6 Å². The summed E-state index contributed by atoms with van der Waals surface area (Å²) < 4.78 is 5.37. The summed E-state index contributed by atoms with van der Waals surface area (Å²) in [6.45, 7) is 0. The van der Waals surface area contributed by atoms with Crippen molar-refractivity contribution in [3.05, 3.63) is 22.4 Å². The first-order valence-corrected chi connectivity index (χ1v) is 7.94. The van der Waals surface area contributed by atoms with Crippen molar-refractivity contribution in [2.45, 2.75) is 50.4 Å². The van der Waals surface area contributed by atoms with Crippen molar-refractivity contribution in [2.75, 3.05) is 0 Å². The third-order valence-electron chi connectivity index (χ3n) is 3.50. The number of thiophene rings is 1. The number of aliphatic carboxylic acids is 1. The SMILES string of the molecule is O=C(O)CC1CCC[C@H](NC(O)Cc2cccs2)B(O)O1. The van der Waals surface area contributed by atoms with Crippen LogP contribution in [-0.2, 0) is 15.9 Å². The highest BCUT2D eigenvalue weighted by Gasteiger charge is 2.34. The lowest BCUT2D eigenvalue weighted by Gasteiger charge is -2.23. The van der Waals surface area contributed by atoms with E-state index >= 15 is 0 Å². The van der Waals surface area contributed by atoms with Crippen LogP contribution in [0.4, 0.5) is 0 Å². The van der Waals surface area contributed by atoms with Crippen LogP contribution >= 0.6 is 11.3 Å².